The second-order valence-corrected chi connectivity index (χ2v) is 10.1. The summed E-state index contributed by atoms with van der Waals surface area (Å²) in [6, 6.07) is 11.3. The monoisotopic (exact) mass is 498 g/mol. The van der Waals surface area contributed by atoms with Gasteiger partial charge in [0.25, 0.3) is 0 Å². The van der Waals surface area contributed by atoms with E-state index in [4.69, 9.17) is 4.74 Å². The summed E-state index contributed by atoms with van der Waals surface area (Å²) in [5.74, 6) is 1.70. The van der Waals surface area contributed by atoms with Gasteiger partial charge >= 0.3 is 0 Å². The first-order valence-electron chi connectivity index (χ1n) is 12.3. The van der Waals surface area contributed by atoms with Gasteiger partial charge in [0.15, 0.2) is 0 Å². The first-order chi connectivity index (χ1) is 17.3. The molecule has 0 aromatic heterocycles. The predicted octanol–water partition coefficient (Wildman–Crippen LogP) is 8.10. The second kappa shape index (κ2) is 9.40. The second-order valence-electron chi connectivity index (χ2n) is 10.1. The van der Waals surface area contributed by atoms with Gasteiger partial charge in [-0.2, -0.15) is 0 Å². The molecular formula is C32H34O5. The van der Waals surface area contributed by atoms with Crippen molar-refractivity contribution in [3.05, 3.63) is 80.9 Å². The van der Waals surface area contributed by atoms with E-state index in [1.54, 1.807) is 13.8 Å². The van der Waals surface area contributed by atoms with E-state index in [1.165, 1.54) is 0 Å². The Labute approximate surface area is 218 Å². The molecule has 0 radical (unpaired) electrons. The van der Waals surface area contributed by atoms with Gasteiger partial charge in [0, 0.05) is 22.3 Å². The Morgan fingerprint density at radius 3 is 0.973 bits per heavy atom. The van der Waals surface area contributed by atoms with Crippen LogP contribution < -0.4 is 4.74 Å². The highest BCUT2D eigenvalue weighted by Gasteiger charge is 2.23. The summed E-state index contributed by atoms with van der Waals surface area (Å²) < 4.78 is 6.66. The van der Waals surface area contributed by atoms with Crippen LogP contribution in [0.5, 0.6) is 34.5 Å². The summed E-state index contributed by atoms with van der Waals surface area (Å²) in [6.07, 6.45) is 0. The molecule has 37 heavy (non-hydrogen) atoms. The molecule has 5 nitrogen and oxygen atoms in total. The number of hydrogen-bond donors (Lipinski definition) is 4. The third-order valence-corrected chi connectivity index (χ3v) is 7.16. The van der Waals surface area contributed by atoms with Crippen molar-refractivity contribution in [3.8, 4) is 56.8 Å². The van der Waals surface area contributed by atoms with Crippen molar-refractivity contribution in [3.63, 3.8) is 0 Å². The van der Waals surface area contributed by atoms with Crippen LogP contribution in [0.25, 0.3) is 22.3 Å². The molecule has 0 spiro atoms. The minimum Gasteiger partial charge on any atom is -0.507 e. The van der Waals surface area contributed by atoms with Crippen molar-refractivity contribution >= 4 is 0 Å². The third-order valence-electron chi connectivity index (χ3n) is 7.16. The van der Waals surface area contributed by atoms with E-state index in [0.717, 1.165) is 44.5 Å². The zero-order chi connectivity index (χ0) is 27.3. The highest BCUT2D eigenvalue weighted by Crippen LogP contribution is 2.48. The van der Waals surface area contributed by atoms with Crippen LogP contribution in [0, 0.1) is 55.4 Å². The standard InChI is InChI=1S/C32H34O5/c1-15-9-23(10-16(2)27(15)33)25-13-19(5)29(35)21(7)31(25)37-32-22(8)30(36)20(6)14-26(32)24-11-17(3)28(34)18(4)12-24/h9-14,33-36H,1-8H3. The number of rotatable bonds is 4. The van der Waals surface area contributed by atoms with Crippen molar-refractivity contribution in [1.29, 1.82) is 0 Å². The summed E-state index contributed by atoms with van der Waals surface area (Å²) in [5, 5.41) is 42.4. The Kier molecular flexibility index (Phi) is 6.59. The average Bonchev–Trinajstić information content (AvgIpc) is 2.85. The number of hydrogen-bond acceptors (Lipinski definition) is 5. The summed E-state index contributed by atoms with van der Waals surface area (Å²) in [6.45, 7) is 14.7. The van der Waals surface area contributed by atoms with Gasteiger partial charge in [0.1, 0.15) is 34.5 Å². The molecule has 4 aromatic carbocycles. The summed E-state index contributed by atoms with van der Waals surface area (Å²) in [5.41, 5.74) is 8.74. The zero-order valence-electron chi connectivity index (χ0n) is 22.7. The first-order valence-corrected chi connectivity index (χ1v) is 12.3. The SMILES string of the molecule is Cc1cc(-c2cc(C)c(O)c(C)c2Oc2c(-c3cc(C)c(O)c(C)c3)cc(C)c(O)c2C)cc(C)c1O. The van der Waals surface area contributed by atoms with E-state index in [9.17, 15) is 20.4 Å². The van der Waals surface area contributed by atoms with Crippen LogP contribution in [0.2, 0.25) is 0 Å². The van der Waals surface area contributed by atoms with Crippen LogP contribution in [0.15, 0.2) is 36.4 Å². The van der Waals surface area contributed by atoms with Gasteiger partial charge in [-0.1, -0.05) is 0 Å². The van der Waals surface area contributed by atoms with E-state index >= 15 is 0 Å². The molecule has 4 rings (SSSR count). The predicted molar refractivity (Wildman–Crippen MR) is 148 cm³/mol. The number of aromatic hydroxyl groups is 4. The van der Waals surface area contributed by atoms with Gasteiger partial charge in [0.05, 0.1) is 0 Å². The topological polar surface area (TPSA) is 90.2 Å². The lowest BCUT2D eigenvalue weighted by Crippen LogP contribution is -1.99. The normalized spacial score (nSPS) is 11.1. The molecule has 0 saturated heterocycles. The quantitative estimate of drug-likeness (QED) is 0.228. The smallest absolute Gasteiger partial charge is 0.141 e. The van der Waals surface area contributed by atoms with E-state index in [1.807, 2.05) is 77.9 Å². The molecule has 0 aliphatic heterocycles. The molecule has 0 unspecified atom stereocenters. The number of phenolic OH excluding ortho intramolecular Hbond substituents is 4. The first kappa shape index (κ1) is 26.0. The van der Waals surface area contributed by atoms with Gasteiger partial charge in [0.2, 0.25) is 0 Å². The lowest BCUT2D eigenvalue weighted by atomic mass is 9.93. The molecule has 0 amide bonds. The third kappa shape index (κ3) is 4.46. The number of benzene rings is 4. The van der Waals surface area contributed by atoms with Crippen molar-refractivity contribution in [1.82, 2.24) is 0 Å². The molecule has 0 aliphatic carbocycles. The molecule has 0 atom stereocenters. The van der Waals surface area contributed by atoms with Gasteiger partial charge < -0.3 is 25.2 Å². The number of phenols is 4. The van der Waals surface area contributed by atoms with Gasteiger partial charge in [-0.3, -0.25) is 0 Å². The van der Waals surface area contributed by atoms with Crippen molar-refractivity contribution < 1.29 is 25.2 Å². The Bertz CT molecular complexity index is 1400. The average molecular weight is 499 g/mol. The van der Waals surface area contributed by atoms with Gasteiger partial charge in [-0.25, -0.2) is 0 Å². The van der Waals surface area contributed by atoms with E-state index in [0.29, 0.717) is 33.8 Å². The van der Waals surface area contributed by atoms with Crippen molar-refractivity contribution in [2.24, 2.45) is 0 Å². The van der Waals surface area contributed by atoms with Crippen LogP contribution in [-0.4, -0.2) is 20.4 Å². The minimum absolute atomic E-state index is 0.137. The van der Waals surface area contributed by atoms with Crippen LogP contribution in [0.4, 0.5) is 0 Å². The molecule has 0 saturated carbocycles. The molecule has 4 aromatic rings. The molecule has 0 fully saturated rings. The maximum atomic E-state index is 10.9. The highest BCUT2D eigenvalue weighted by atomic mass is 16.5. The molecule has 0 aliphatic rings. The van der Waals surface area contributed by atoms with Crippen LogP contribution in [-0.2, 0) is 0 Å². The van der Waals surface area contributed by atoms with E-state index < -0.39 is 0 Å². The number of ether oxygens (including phenoxy) is 1. The molecule has 192 valence electrons. The fraction of sp³-hybridized carbons (Fsp3) is 0.250. The lowest BCUT2D eigenvalue weighted by Gasteiger charge is -2.22. The van der Waals surface area contributed by atoms with Crippen LogP contribution in [0.1, 0.15) is 44.5 Å². The molecule has 4 N–H and O–H groups in total. The van der Waals surface area contributed by atoms with Crippen LogP contribution >= 0.6 is 0 Å². The summed E-state index contributed by atoms with van der Waals surface area (Å²) in [4.78, 5) is 0. The molecule has 0 bridgehead atoms. The zero-order valence-corrected chi connectivity index (χ0v) is 22.7. The van der Waals surface area contributed by atoms with Gasteiger partial charge in [-0.15, -0.1) is 0 Å². The van der Waals surface area contributed by atoms with Crippen molar-refractivity contribution in [2.75, 3.05) is 0 Å². The molecule has 5 heteroatoms. The Balaban J connectivity index is 2.02. The maximum absolute atomic E-state index is 10.9. The highest BCUT2D eigenvalue weighted by molar-refractivity contribution is 5.81. The number of aryl methyl sites for hydroxylation is 6. The maximum Gasteiger partial charge on any atom is 0.141 e. The minimum atomic E-state index is 0.137. The fourth-order valence-corrected chi connectivity index (χ4v) is 4.93. The van der Waals surface area contributed by atoms with Crippen molar-refractivity contribution in [2.45, 2.75) is 55.4 Å². The Hall–Kier alpha value is -4.12. The largest absolute Gasteiger partial charge is 0.507 e. The van der Waals surface area contributed by atoms with Crippen LogP contribution in [0.3, 0.4) is 0 Å². The Morgan fingerprint density at radius 1 is 0.405 bits per heavy atom. The van der Waals surface area contributed by atoms with E-state index in [2.05, 4.69) is 0 Å². The summed E-state index contributed by atoms with van der Waals surface area (Å²) in [7, 11) is 0. The van der Waals surface area contributed by atoms with Gasteiger partial charge in [-0.05, 0) is 136 Å². The lowest BCUT2D eigenvalue weighted by molar-refractivity contribution is 0.435. The van der Waals surface area contributed by atoms with E-state index in [-0.39, 0.29) is 23.0 Å². The Morgan fingerprint density at radius 2 is 0.676 bits per heavy atom. The molecule has 0 heterocycles. The fourth-order valence-electron chi connectivity index (χ4n) is 4.93. The molecular weight excluding hydrogens is 464 g/mol. The summed E-state index contributed by atoms with van der Waals surface area (Å²) >= 11 is 0.